The van der Waals surface area contributed by atoms with Gasteiger partial charge in [-0.3, -0.25) is 4.79 Å². The Labute approximate surface area is 191 Å². The Morgan fingerprint density at radius 3 is 2.58 bits per heavy atom. The maximum atomic E-state index is 13.8. The fraction of sp³-hybridized carbons (Fsp3) is 0.417. The Morgan fingerprint density at radius 2 is 1.97 bits per heavy atom. The molecule has 174 valence electrons. The van der Waals surface area contributed by atoms with Gasteiger partial charge in [-0.1, -0.05) is 6.07 Å². The van der Waals surface area contributed by atoms with Crippen LogP contribution in [0.1, 0.15) is 35.6 Å². The number of nitrogens with zero attached hydrogens (tertiary/aromatic N) is 2. The van der Waals surface area contributed by atoms with E-state index in [0.29, 0.717) is 47.3 Å². The average molecular weight is 453 g/mol. The number of pyridine rings is 1. The smallest absolute Gasteiger partial charge is 0.258 e. The van der Waals surface area contributed by atoms with Gasteiger partial charge in [0.25, 0.3) is 5.56 Å². The fourth-order valence-electron chi connectivity index (χ4n) is 4.57. The molecule has 3 heterocycles. The Balaban J connectivity index is 1.97. The number of nitrogens with two attached hydrogens (primary N) is 1. The van der Waals surface area contributed by atoms with E-state index in [1.54, 1.807) is 22.8 Å². The maximum Gasteiger partial charge on any atom is 0.258 e. The van der Waals surface area contributed by atoms with Crippen LogP contribution in [-0.2, 0) is 11.3 Å². The van der Waals surface area contributed by atoms with Crippen LogP contribution in [0.25, 0.3) is 0 Å². The Hall–Kier alpha value is -3.64. The highest BCUT2D eigenvalue weighted by molar-refractivity contribution is 5.64. The molecule has 0 amide bonds. The molecule has 2 aliphatic rings. The molecule has 2 N–H and O–H groups in total. The summed E-state index contributed by atoms with van der Waals surface area (Å²) >= 11 is 0. The molecule has 0 radical (unpaired) electrons. The molecule has 33 heavy (non-hydrogen) atoms. The van der Waals surface area contributed by atoms with Gasteiger partial charge in [-0.25, -0.2) is 0 Å². The van der Waals surface area contributed by atoms with Crippen LogP contribution in [0.2, 0.25) is 0 Å². The molecule has 1 fully saturated rings. The van der Waals surface area contributed by atoms with Crippen LogP contribution in [0.5, 0.6) is 23.0 Å². The number of ether oxygens (including phenoxy) is 5. The summed E-state index contributed by atoms with van der Waals surface area (Å²) < 4.78 is 29.7. The van der Waals surface area contributed by atoms with Crippen molar-refractivity contribution in [2.45, 2.75) is 38.3 Å². The lowest BCUT2D eigenvalue weighted by Crippen LogP contribution is -2.35. The number of allylic oxidation sites excluding steroid dienone is 1. The Kier molecular flexibility index (Phi) is 6.20. The molecule has 9 heteroatoms. The highest BCUT2D eigenvalue weighted by atomic mass is 16.5. The summed E-state index contributed by atoms with van der Waals surface area (Å²) in [6.45, 7) is 2.95. The van der Waals surface area contributed by atoms with Crippen LogP contribution >= 0.6 is 0 Å². The van der Waals surface area contributed by atoms with Crippen molar-refractivity contribution in [1.29, 1.82) is 5.26 Å². The van der Waals surface area contributed by atoms with Crippen LogP contribution in [0.15, 0.2) is 34.4 Å². The van der Waals surface area contributed by atoms with E-state index in [9.17, 15) is 10.1 Å². The molecule has 1 aromatic carbocycles. The van der Waals surface area contributed by atoms with Crippen molar-refractivity contribution in [3.63, 3.8) is 0 Å². The largest absolute Gasteiger partial charge is 0.493 e. The molecular formula is C24H27N3O6. The summed E-state index contributed by atoms with van der Waals surface area (Å²) in [5.41, 5.74) is 7.57. The number of hydrogen-bond donors (Lipinski definition) is 1. The van der Waals surface area contributed by atoms with Gasteiger partial charge < -0.3 is 34.0 Å². The molecule has 4 rings (SSSR count). The third-order valence-electron chi connectivity index (χ3n) is 6.15. The second-order valence-electron chi connectivity index (χ2n) is 7.96. The second-order valence-corrected chi connectivity index (χ2v) is 7.96. The number of aryl methyl sites for hydroxylation is 1. The van der Waals surface area contributed by atoms with Crippen LogP contribution in [0.3, 0.4) is 0 Å². The van der Waals surface area contributed by atoms with Gasteiger partial charge in [0.1, 0.15) is 17.4 Å². The van der Waals surface area contributed by atoms with Gasteiger partial charge in [0.2, 0.25) is 11.6 Å². The monoisotopic (exact) mass is 453 g/mol. The van der Waals surface area contributed by atoms with Gasteiger partial charge in [-0.05, 0) is 25.8 Å². The lowest BCUT2D eigenvalue weighted by atomic mass is 9.83. The van der Waals surface area contributed by atoms with E-state index in [0.717, 1.165) is 18.5 Å². The number of rotatable bonds is 6. The van der Waals surface area contributed by atoms with Gasteiger partial charge in [0.15, 0.2) is 11.5 Å². The molecule has 1 saturated heterocycles. The average Bonchev–Trinajstić information content (AvgIpc) is 3.33. The molecule has 0 aliphatic carbocycles. The van der Waals surface area contributed by atoms with Crippen LogP contribution < -0.4 is 30.2 Å². The fourth-order valence-corrected chi connectivity index (χ4v) is 4.57. The van der Waals surface area contributed by atoms with Crippen molar-refractivity contribution in [3.05, 3.63) is 56.8 Å². The summed E-state index contributed by atoms with van der Waals surface area (Å²) in [6.07, 6.45) is 1.83. The molecule has 0 spiro atoms. The lowest BCUT2D eigenvalue weighted by Gasteiger charge is -2.29. The summed E-state index contributed by atoms with van der Waals surface area (Å²) in [5.74, 6) is 0.619. The van der Waals surface area contributed by atoms with Crippen LogP contribution in [0, 0.1) is 18.3 Å². The van der Waals surface area contributed by atoms with Crippen molar-refractivity contribution in [2.75, 3.05) is 27.9 Å². The predicted molar refractivity (Wildman–Crippen MR) is 120 cm³/mol. The normalized spacial score (nSPS) is 19.5. The van der Waals surface area contributed by atoms with Crippen molar-refractivity contribution in [1.82, 2.24) is 4.57 Å². The van der Waals surface area contributed by atoms with E-state index in [1.165, 1.54) is 21.3 Å². The summed E-state index contributed by atoms with van der Waals surface area (Å²) in [6, 6.07) is 7.34. The number of methoxy groups -OCH3 is 3. The SMILES string of the molecule is COc1ccc(C2C(C#N)=C(N)Oc3cc(C)n(CC4CCCO4)c(=O)c32)c(OC)c1OC. The molecule has 9 nitrogen and oxygen atoms in total. The second kappa shape index (κ2) is 9.08. The molecule has 2 unspecified atom stereocenters. The minimum atomic E-state index is -0.808. The van der Waals surface area contributed by atoms with Crippen molar-refractivity contribution in [2.24, 2.45) is 5.73 Å². The van der Waals surface area contributed by atoms with Crippen molar-refractivity contribution < 1.29 is 23.7 Å². The van der Waals surface area contributed by atoms with E-state index >= 15 is 0 Å². The van der Waals surface area contributed by atoms with E-state index in [4.69, 9.17) is 29.4 Å². The standard InChI is InChI=1S/C24H27N3O6/c1-13-10-18-20(24(28)27(13)12-14-6-5-9-32-14)19(16(11-25)23(26)33-18)15-7-8-17(29-2)22(31-4)21(15)30-3/h7-8,10,14,19H,5-6,9,12,26H2,1-4H3. The first-order valence-electron chi connectivity index (χ1n) is 10.7. The van der Waals surface area contributed by atoms with E-state index in [1.807, 2.05) is 6.92 Å². The molecule has 0 saturated carbocycles. The molecule has 1 aromatic heterocycles. The Bertz CT molecular complexity index is 1200. The lowest BCUT2D eigenvalue weighted by molar-refractivity contribution is 0.0954. The van der Waals surface area contributed by atoms with E-state index < -0.39 is 5.92 Å². The number of aromatic nitrogens is 1. The quantitative estimate of drug-likeness (QED) is 0.709. The first-order chi connectivity index (χ1) is 15.9. The minimum Gasteiger partial charge on any atom is -0.493 e. The van der Waals surface area contributed by atoms with Gasteiger partial charge in [0, 0.05) is 23.9 Å². The topological polar surface area (TPSA) is 118 Å². The summed E-state index contributed by atoms with van der Waals surface area (Å²) in [4.78, 5) is 13.8. The van der Waals surface area contributed by atoms with Gasteiger partial charge in [-0.15, -0.1) is 0 Å². The first kappa shape index (κ1) is 22.6. The molecule has 2 aliphatic heterocycles. The predicted octanol–water partition coefficient (Wildman–Crippen LogP) is 2.58. The molecular weight excluding hydrogens is 426 g/mol. The zero-order valence-corrected chi connectivity index (χ0v) is 19.1. The number of benzene rings is 1. The van der Waals surface area contributed by atoms with E-state index in [2.05, 4.69) is 6.07 Å². The van der Waals surface area contributed by atoms with Crippen molar-refractivity contribution in [3.8, 4) is 29.1 Å². The minimum absolute atomic E-state index is 0.0333. The number of fused-ring (bicyclic) bond motifs is 1. The Morgan fingerprint density at radius 1 is 1.21 bits per heavy atom. The van der Waals surface area contributed by atoms with Gasteiger partial charge in [0.05, 0.1) is 45.5 Å². The van der Waals surface area contributed by atoms with E-state index in [-0.39, 0.29) is 23.1 Å². The zero-order chi connectivity index (χ0) is 23.7. The van der Waals surface area contributed by atoms with Gasteiger partial charge in [-0.2, -0.15) is 5.26 Å². The third kappa shape index (κ3) is 3.76. The van der Waals surface area contributed by atoms with Gasteiger partial charge >= 0.3 is 0 Å². The van der Waals surface area contributed by atoms with Crippen LogP contribution in [0.4, 0.5) is 0 Å². The maximum absolute atomic E-state index is 13.8. The molecule has 0 bridgehead atoms. The number of nitriles is 1. The van der Waals surface area contributed by atoms with Crippen LogP contribution in [-0.4, -0.2) is 38.6 Å². The first-order valence-corrected chi connectivity index (χ1v) is 10.7. The van der Waals surface area contributed by atoms with Crippen molar-refractivity contribution >= 4 is 0 Å². The molecule has 2 aromatic rings. The number of hydrogen-bond acceptors (Lipinski definition) is 8. The third-order valence-corrected chi connectivity index (χ3v) is 6.15. The summed E-state index contributed by atoms with van der Waals surface area (Å²) in [7, 11) is 4.51. The highest BCUT2D eigenvalue weighted by Crippen LogP contribution is 2.49. The highest BCUT2D eigenvalue weighted by Gasteiger charge is 2.37. The zero-order valence-electron chi connectivity index (χ0n) is 19.1. The summed E-state index contributed by atoms with van der Waals surface area (Å²) in [5, 5.41) is 9.96. The molecule has 2 atom stereocenters.